The second-order valence-electron chi connectivity index (χ2n) is 3.40. The van der Waals surface area contributed by atoms with E-state index in [1.165, 1.54) is 5.56 Å². The molecule has 1 aromatic rings. The van der Waals surface area contributed by atoms with Crippen LogP contribution < -0.4 is 5.32 Å². The second-order valence-corrected chi connectivity index (χ2v) is 3.40. The molecule has 1 saturated heterocycles. The third kappa shape index (κ3) is 1.90. The number of nitrogens with one attached hydrogen (secondary N) is 1. The molecule has 1 heterocycles. The molecule has 0 aliphatic carbocycles. The fraction of sp³-hybridized carbons (Fsp3) is 0.455. The Bertz CT molecular complexity index is 260. The molecule has 0 radical (unpaired) electrons. The van der Waals surface area contributed by atoms with Crippen LogP contribution in [0, 0.1) is 0 Å². The van der Waals surface area contributed by atoms with E-state index in [1.807, 2.05) is 18.2 Å². The average molecular weight is 177 g/mol. The topological polar surface area (TPSA) is 21.3 Å². The summed E-state index contributed by atoms with van der Waals surface area (Å²) in [6, 6.07) is 10.8. The van der Waals surface area contributed by atoms with E-state index >= 15 is 0 Å². The maximum absolute atomic E-state index is 5.63. The lowest BCUT2D eigenvalue weighted by atomic mass is 10.2. The van der Waals surface area contributed by atoms with Crippen molar-refractivity contribution in [1.82, 2.24) is 5.32 Å². The predicted octanol–water partition coefficient (Wildman–Crippen LogP) is 2.08. The fourth-order valence-corrected chi connectivity index (χ4v) is 1.58. The van der Waals surface area contributed by atoms with Gasteiger partial charge in [0, 0.05) is 6.04 Å². The van der Waals surface area contributed by atoms with E-state index < -0.39 is 0 Å². The van der Waals surface area contributed by atoms with E-state index in [9.17, 15) is 0 Å². The molecule has 0 unspecified atom stereocenters. The summed E-state index contributed by atoms with van der Waals surface area (Å²) in [6.45, 7) is 3.00. The van der Waals surface area contributed by atoms with Crippen molar-refractivity contribution >= 4 is 0 Å². The lowest BCUT2D eigenvalue weighted by Gasteiger charge is -2.10. The van der Waals surface area contributed by atoms with Crippen molar-refractivity contribution in [2.75, 3.05) is 6.61 Å². The molecule has 0 saturated carbocycles. The molecule has 0 spiro atoms. The second kappa shape index (κ2) is 3.90. The normalized spacial score (nSPS) is 27.8. The van der Waals surface area contributed by atoms with Crippen LogP contribution in [0.2, 0.25) is 0 Å². The highest BCUT2D eigenvalue weighted by molar-refractivity contribution is 5.17. The molecule has 13 heavy (non-hydrogen) atoms. The van der Waals surface area contributed by atoms with Crippen molar-refractivity contribution in [3.63, 3.8) is 0 Å². The van der Waals surface area contributed by atoms with Crippen LogP contribution in [0.1, 0.15) is 25.1 Å². The highest BCUT2D eigenvalue weighted by Gasteiger charge is 2.23. The summed E-state index contributed by atoms with van der Waals surface area (Å²) in [5.41, 5.74) is 1.22. The van der Waals surface area contributed by atoms with Crippen LogP contribution in [-0.4, -0.2) is 12.6 Å². The Morgan fingerprint density at radius 1 is 1.38 bits per heavy atom. The molecule has 70 valence electrons. The Hall–Kier alpha value is -0.860. The minimum Gasteiger partial charge on any atom is -0.357 e. The van der Waals surface area contributed by atoms with Gasteiger partial charge < -0.3 is 4.74 Å². The Morgan fingerprint density at radius 3 is 2.77 bits per heavy atom. The van der Waals surface area contributed by atoms with Crippen molar-refractivity contribution in [3.8, 4) is 0 Å². The number of ether oxygens (including phenoxy) is 1. The van der Waals surface area contributed by atoms with Gasteiger partial charge in [0.1, 0.15) is 6.23 Å². The van der Waals surface area contributed by atoms with Crippen LogP contribution in [0.3, 0.4) is 0 Å². The summed E-state index contributed by atoms with van der Waals surface area (Å²) in [6.07, 6.45) is 1.23. The number of hydrogen-bond donors (Lipinski definition) is 1. The third-order valence-corrected chi connectivity index (χ3v) is 2.45. The Morgan fingerprint density at radius 2 is 2.15 bits per heavy atom. The van der Waals surface area contributed by atoms with Crippen LogP contribution in [0.15, 0.2) is 30.3 Å². The van der Waals surface area contributed by atoms with E-state index in [1.54, 1.807) is 0 Å². The summed E-state index contributed by atoms with van der Waals surface area (Å²) in [4.78, 5) is 0. The van der Waals surface area contributed by atoms with Gasteiger partial charge in [0.15, 0.2) is 0 Å². The van der Waals surface area contributed by atoms with Gasteiger partial charge in [0.25, 0.3) is 0 Å². The van der Waals surface area contributed by atoms with Crippen molar-refractivity contribution < 1.29 is 4.74 Å². The zero-order valence-electron chi connectivity index (χ0n) is 7.86. The first-order valence-electron chi connectivity index (χ1n) is 4.82. The Kier molecular flexibility index (Phi) is 2.62. The zero-order chi connectivity index (χ0) is 9.10. The zero-order valence-corrected chi connectivity index (χ0v) is 7.86. The highest BCUT2D eigenvalue weighted by Crippen LogP contribution is 2.20. The summed E-state index contributed by atoms with van der Waals surface area (Å²) < 4.78 is 5.63. The number of rotatable bonds is 2. The molecule has 2 atom stereocenters. The van der Waals surface area contributed by atoms with Gasteiger partial charge in [-0.15, -0.1) is 0 Å². The highest BCUT2D eigenvalue weighted by atomic mass is 16.5. The van der Waals surface area contributed by atoms with Crippen molar-refractivity contribution in [3.05, 3.63) is 35.9 Å². The lowest BCUT2D eigenvalue weighted by molar-refractivity contribution is 0.101. The Labute approximate surface area is 78.9 Å². The van der Waals surface area contributed by atoms with E-state index in [-0.39, 0.29) is 6.23 Å². The molecule has 1 aromatic carbocycles. The molecular weight excluding hydrogens is 162 g/mol. The van der Waals surface area contributed by atoms with Gasteiger partial charge in [-0.3, -0.25) is 5.32 Å². The number of hydrogen-bond acceptors (Lipinski definition) is 2. The molecule has 0 bridgehead atoms. The molecule has 2 nitrogen and oxygen atoms in total. The summed E-state index contributed by atoms with van der Waals surface area (Å²) in [5, 5.41) is 3.43. The lowest BCUT2D eigenvalue weighted by Crippen LogP contribution is -2.24. The van der Waals surface area contributed by atoms with Gasteiger partial charge in [-0.1, -0.05) is 37.3 Å². The number of benzene rings is 1. The van der Waals surface area contributed by atoms with E-state index in [0.717, 1.165) is 13.0 Å². The van der Waals surface area contributed by atoms with Crippen molar-refractivity contribution in [1.29, 1.82) is 0 Å². The molecule has 1 aliphatic heterocycles. The van der Waals surface area contributed by atoms with Gasteiger partial charge in [-0.2, -0.15) is 0 Å². The van der Waals surface area contributed by atoms with Gasteiger partial charge in [0.05, 0.1) is 6.61 Å². The standard InChI is InChI=1S/C11H15NO/c1-2-10-8-13-11(12-10)9-6-4-3-5-7-9/h3-7,10-12H,2,8H2,1H3/t10-,11+/m1/s1. The molecule has 1 N–H and O–H groups in total. The van der Waals surface area contributed by atoms with Crippen LogP contribution >= 0.6 is 0 Å². The minimum atomic E-state index is 0.103. The van der Waals surface area contributed by atoms with Crippen LogP contribution in [0.4, 0.5) is 0 Å². The van der Waals surface area contributed by atoms with Crippen LogP contribution in [0.5, 0.6) is 0 Å². The summed E-state index contributed by atoms with van der Waals surface area (Å²) in [5.74, 6) is 0. The first-order valence-corrected chi connectivity index (χ1v) is 4.82. The van der Waals surface area contributed by atoms with Crippen molar-refractivity contribution in [2.45, 2.75) is 25.6 Å². The first-order chi connectivity index (χ1) is 6.40. The Balaban J connectivity index is 2.04. The smallest absolute Gasteiger partial charge is 0.134 e. The van der Waals surface area contributed by atoms with Crippen molar-refractivity contribution in [2.24, 2.45) is 0 Å². The summed E-state index contributed by atoms with van der Waals surface area (Å²) >= 11 is 0. The monoisotopic (exact) mass is 177 g/mol. The fourth-order valence-electron chi connectivity index (χ4n) is 1.58. The van der Waals surface area contributed by atoms with Crippen LogP contribution in [0.25, 0.3) is 0 Å². The van der Waals surface area contributed by atoms with Gasteiger partial charge in [-0.25, -0.2) is 0 Å². The SMILES string of the molecule is CC[C@@H]1CO[C@@H](c2ccccc2)N1. The molecule has 1 aliphatic rings. The predicted molar refractivity (Wildman–Crippen MR) is 52.3 cm³/mol. The maximum atomic E-state index is 5.63. The first kappa shape index (κ1) is 8.73. The van der Waals surface area contributed by atoms with Crippen LogP contribution in [-0.2, 0) is 4.74 Å². The maximum Gasteiger partial charge on any atom is 0.134 e. The average Bonchev–Trinajstić information content (AvgIpc) is 2.67. The molecule has 2 rings (SSSR count). The van der Waals surface area contributed by atoms with E-state index in [0.29, 0.717) is 6.04 Å². The quantitative estimate of drug-likeness (QED) is 0.746. The van der Waals surface area contributed by atoms with Gasteiger partial charge in [0.2, 0.25) is 0 Å². The molecular formula is C11H15NO. The molecule has 0 aromatic heterocycles. The van der Waals surface area contributed by atoms with E-state index in [2.05, 4.69) is 24.4 Å². The van der Waals surface area contributed by atoms with Gasteiger partial charge >= 0.3 is 0 Å². The minimum absolute atomic E-state index is 0.103. The van der Waals surface area contributed by atoms with Gasteiger partial charge in [-0.05, 0) is 12.0 Å². The van der Waals surface area contributed by atoms with E-state index in [4.69, 9.17) is 4.74 Å². The third-order valence-electron chi connectivity index (χ3n) is 2.45. The largest absolute Gasteiger partial charge is 0.357 e. The molecule has 2 heteroatoms. The summed E-state index contributed by atoms with van der Waals surface area (Å²) in [7, 11) is 0. The molecule has 0 amide bonds. The molecule has 1 fully saturated rings.